The van der Waals surface area contributed by atoms with Gasteiger partial charge in [-0.3, -0.25) is 9.59 Å². The minimum atomic E-state index is -0.453. The molecule has 0 saturated carbocycles. The van der Waals surface area contributed by atoms with Crippen molar-refractivity contribution in [2.75, 3.05) is 12.4 Å². The number of amides is 2. The summed E-state index contributed by atoms with van der Waals surface area (Å²) in [6.45, 7) is 1.88. The third-order valence-corrected chi connectivity index (χ3v) is 5.67. The Morgan fingerprint density at radius 2 is 1.92 bits per heavy atom. The maximum atomic E-state index is 13.1. The number of nitrogens with zero attached hydrogens (tertiary/aromatic N) is 1. The molecule has 2 atom stereocenters. The van der Waals surface area contributed by atoms with Crippen LogP contribution in [0.15, 0.2) is 53.4 Å². The van der Waals surface area contributed by atoms with E-state index >= 15 is 0 Å². The van der Waals surface area contributed by atoms with Crippen LogP contribution in [0.2, 0.25) is 0 Å². The lowest BCUT2D eigenvalue weighted by Crippen LogP contribution is -2.36. The molecule has 6 heteroatoms. The van der Waals surface area contributed by atoms with Crippen molar-refractivity contribution in [1.29, 1.82) is 0 Å². The highest BCUT2D eigenvalue weighted by atomic mass is 32.2. The van der Waals surface area contributed by atoms with Gasteiger partial charge in [-0.1, -0.05) is 24.3 Å². The number of thioether (sulfide) groups is 1. The molecule has 0 fully saturated rings. The van der Waals surface area contributed by atoms with Gasteiger partial charge in [-0.05, 0) is 36.8 Å². The fourth-order valence-corrected chi connectivity index (χ4v) is 3.81. The van der Waals surface area contributed by atoms with Crippen LogP contribution < -0.4 is 5.32 Å². The van der Waals surface area contributed by atoms with Crippen molar-refractivity contribution in [3.05, 3.63) is 59.9 Å². The molecule has 0 saturated heterocycles. The first-order chi connectivity index (χ1) is 12.0. The normalized spacial score (nSPS) is 17.4. The smallest absolute Gasteiger partial charge is 0.238 e. The summed E-state index contributed by atoms with van der Waals surface area (Å²) >= 11 is 1.41. The molecule has 0 aromatic heterocycles. The predicted molar refractivity (Wildman–Crippen MR) is 96.9 cm³/mol. The molecule has 2 amide bonds. The molecule has 130 valence electrons. The number of para-hydroxylation sites is 1. The van der Waals surface area contributed by atoms with E-state index in [-0.39, 0.29) is 30.1 Å². The van der Waals surface area contributed by atoms with Crippen molar-refractivity contribution in [3.63, 3.8) is 0 Å². The van der Waals surface area contributed by atoms with Gasteiger partial charge in [0, 0.05) is 18.4 Å². The van der Waals surface area contributed by atoms with Crippen molar-refractivity contribution >= 4 is 29.3 Å². The molecule has 0 aliphatic carbocycles. The van der Waals surface area contributed by atoms with Gasteiger partial charge < -0.3 is 10.2 Å². The highest BCUT2D eigenvalue weighted by molar-refractivity contribution is 8.01. The zero-order valence-corrected chi connectivity index (χ0v) is 14.8. The number of carbonyl (C=O) groups excluding carboxylic acids is 2. The van der Waals surface area contributed by atoms with Gasteiger partial charge in [0.25, 0.3) is 0 Å². The second-order valence-corrected chi connectivity index (χ2v) is 7.27. The standard InChI is InChI=1S/C19H19FN2O2S/c1-12(13-7-9-14(20)10-8-13)22(2)18(23)11-17-19(24)21-15-5-3-4-6-16(15)25-17/h3-10,12,17H,11H2,1-2H3,(H,21,24). The van der Waals surface area contributed by atoms with E-state index < -0.39 is 5.25 Å². The third-order valence-electron chi connectivity index (χ3n) is 4.39. The quantitative estimate of drug-likeness (QED) is 0.903. The molecule has 2 aromatic carbocycles. The number of nitrogens with one attached hydrogen (secondary N) is 1. The number of halogens is 1. The Morgan fingerprint density at radius 1 is 1.24 bits per heavy atom. The molecule has 1 heterocycles. The van der Waals surface area contributed by atoms with E-state index in [2.05, 4.69) is 5.32 Å². The van der Waals surface area contributed by atoms with Crippen LogP contribution in [0.1, 0.15) is 24.9 Å². The molecule has 1 N–H and O–H groups in total. The van der Waals surface area contributed by atoms with Crippen LogP contribution in [0.25, 0.3) is 0 Å². The highest BCUT2D eigenvalue weighted by Gasteiger charge is 2.30. The van der Waals surface area contributed by atoms with E-state index in [1.54, 1.807) is 24.1 Å². The summed E-state index contributed by atoms with van der Waals surface area (Å²) in [5.41, 5.74) is 1.64. The average molecular weight is 358 g/mol. The van der Waals surface area contributed by atoms with Crippen molar-refractivity contribution < 1.29 is 14.0 Å². The molecule has 2 unspecified atom stereocenters. The molecule has 2 aromatic rings. The number of hydrogen-bond donors (Lipinski definition) is 1. The number of anilines is 1. The van der Waals surface area contributed by atoms with Gasteiger partial charge in [0.05, 0.1) is 17.0 Å². The third kappa shape index (κ3) is 3.85. The molecule has 1 aliphatic heterocycles. The molecule has 25 heavy (non-hydrogen) atoms. The summed E-state index contributed by atoms with van der Waals surface area (Å²) in [5.74, 6) is -0.581. The zero-order chi connectivity index (χ0) is 18.0. The molecule has 0 bridgehead atoms. The van der Waals surface area contributed by atoms with Crippen LogP contribution in [0, 0.1) is 5.82 Å². The molecule has 1 aliphatic rings. The Morgan fingerprint density at radius 3 is 2.64 bits per heavy atom. The lowest BCUT2D eigenvalue weighted by atomic mass is 10.1. The molecule has 3 rings (SSSR count). The van der Waals surface area contributed by atoms with Gasteiger partial charge in [-0.2, -0.15) is 0 Å². The monoisotopic (exact) mass is 358 g/mol. The lowest BCUT2D eigenvalue weighted by Gasteiger charge is -2.28. The van der Waals surface area contributed by atoms with Crippen LogP contribution in [0.4, 0.5) is 10.1 Å². The van der Waals surface area contributed by atoms with Crippen molar-refractivity contribution in [3.8, 4) is 0 Å². The van der Waals surface area contributed by atoms with Crippen LogP contribution in [-0.2, 0) is 9.59 Å². The first kappa shape index (κ1) is 17.5. The summed E-state index contributed by atoms with van der Waals surface area (Å²) in [6.07, 6.45) is 0.118. The predicted octanol–water partition coefficient (Wildman–Crippen LogP) is 3.85. The maximum Gasteiger partial charge on any atom is 0.238 e. The van der Waals surface area contributed by atoms with Gasteiger partial charge in [-0.15, -0.1) is 11.8 Å². The second kappa shape index (κ2) is 7.27. The van der Waals surface area contributed by atoms with Gasteiger partial charge in [-0.25, -0.2) is 4.39 Å². The summed E-state index contributed by atoms with van der Waals surface area (Å²) in [5, 5.41) is 2.40. The maximum absolute atomic E-state index is 13.1. The number of benzene rings is 2. The van der Waals surface area contributed by atoms with Gasteiger partial charge >= 0.3 is 0 Å². The van der Waals surface area contributed by atoms with Crippen molar-refractivity contribution in [1.82, 2.24) is 4.90 Å². The number of fused-ring (bicyclic) bond motifs is 1. The Hall–Kier alpha value is -2.34. The topological polar surface area (TPSA) is 49.4 Å². The largest absolute Gasteiger partial charge is 0.339 e. The first-order valence-corrected chi connectivity index (χ1v) is 8.91. The minimum Gasteiger partial charge on any atom is -0.339 e. The van der Waals surface area contributed by atoms with E-state index in [0.717, 1.165) is 16.1 Å². The van der Waals surface area contributed by atoms with Gasteiger partial charge in [0.2, 0.25) is 11.8 Å². The Bertz CT molecular complexity index is 794. The van der Waals surface area contributed by atoms with Crippen LogP contribution >= 0.6 is 11.8 Å². The average Bonchev–Trinajstić information content (AvgIpc) is 2.61. The fraction of sp³-hybridized carbons (Fsp3) is 0.263. The lowest BCUT2D eigenvalue weighted by molar-refractivity contribution is -0.133. The highest BCUT2D eigenvalue weighted by Crippen LogP contribution is 2.37. The Kier molecular flexibility index (Phi) is 5.08. The summed E-state index contributed by atoms with van der Waals surface area (Å²) in [7, 11) is 1.70. The Labute approximate surface area is 150 Å². The summed E-state index contributed by atoms with van der Waals surface area (Å²) in [6, 6.07) is 13.5. The Balaban J connectivity index is 1.67. The molecule has 0 spiro atoms. The van der Waals surface area contributed by atoms with E-state index in [1.807, 2.05) is 31.2 Å². The second-order valence-electron chi connectivity index (χ2n) is 6.03. The molecule has 0 radical (unpaired) electrons. The van der Waals surface area contributed by atoms with Crippen LogP contribution in [-0.4, -0.2) is 29.0 Å². The van der Waals surface area contributed by atoms with E-state index in [9.17, 15) is 14.0 Å². The molecular formula is C19H19FN2O2S. The number of carbonyl (C=O) groups is 2. The van der Waals surface area contributed by atoms with Crippen molar-refractivity contribution in [2.45, 2.75) is 29.5 Å². The minimum absolute atomic E-state index is 0.118. The SMILES string of the molecule is CC(c1ccc(F)cc1)N(C)C(=O)CC1Sc2ccccc2NC1=O. The van der Waals surface area contributed by atoms with Gasteiger partial charge in [0.1, 0.15) is 5.82 Å². The summed E-state index contributed by atoms with van der Waals surface area (Å²) < 4.78 is 13.1. The van der Waals surface area contributed by atoms with E-state index in [4.69, 9.17) is 0 Å². The van der Waals surface area contributed by atoms with Crippen LogP contribution in [0.5, 0.6) is 0 Å². The van der Waals surface area contributed by atoms with Gasteiger partial charge in [0.15, 0.2) is 0 Å². The number of rotatable bonds is 4. The summed E-state index contributed by atoms with van der Waals surface area (Å²) in [4.78, 5) is 27.4. The van der Waals surface area contributed by atoms with E-state index in [0.29, 0.717) is 0 Å². The molecular weight excluding hydrogens is 339 g/mol. The fourth-order valence-electron chi connectivity index (χ4n) is 2.71. The first-order valence-electron chi connectivity index (χ1n) is 8.03. The zero-order valence-electron chi connectivity index (χ0n) is 14.0. The van der Waals surface area contributed by atoms with Crippen molar-refractivity contribution in [2.24, 2.45) is 0 Å². The van der Waals surface area contributed by atoms with E-state index in [1.165, 1.54) is 23.9 Å². The number of hydrogen-bond acceptors (Lipinski definition) is 3. The van der Waals surface area contributed by atoms with Crippen LogP contribution in [0.3, 0.4) is 0 Å². The molecule has 4 nitrogen and oxygen atoms in total.